The molecule has 2 aromatic carbocycles. The van der Waals surface area contributed by atoms with Crippen LogP contribution in [0.2, 0.25) is 0 Å². The molecule has 0 unspecified atom stereocenters. The zero-order chi connectivity index (χ0) is 52.6. The highest BCUT2D eigenvalue weighted by Gasteiger charge is 2.39. The van der Waals surface area contributed by atoms with Crippen LogP contribution in [-0.2, 0) is 47.9 Å². The zero-order valence-corrected chi connectivity index (χ0v) is 41.7. The van der Waals surface area contributed by atoms with Crippen molar-refractivity contribution in [3.8, 4) is 0 Å². The van der Waals surface area contributed by atoms with Crippen molar-refractivity contribution in [1.29, 1.82) is 0 Å². The van der Waals surface area contributed by atoms with Crippen LogP contribution in [0, 0.1) is 11.8 Å². The SMILES string of the molecule is CC(=O)N[C@@H](CC(=O)O)C(=O)N[C@@H](CCC(=O)O)C(=O)N[C@H](C(=O)N[C@@H](CCC(=O)O)C(=O)N[C@@H](CC1CCCCC1)C(=O)N[C@@H](CS)C(=O)NCCC1CCCCC1)C(c1ccccc1)c1ccccc1. The van der Waals surface area contributed by atoms with Crippen LogP contribution in [0.4, 0.5) is 0 Å². The Morgan fingerprint density at radius 2 is 0.958 bits per heavy atom. The minimum Gasteiger partial charge on any atom is -0.481 e. The lowest BCUT2D eigenvalue weighted by Crippen LogP contribution is -2.61. The van der Waals surface area contributed by atoms with Gasteiger partial charge < -0.3 is 52.5 Å². The van der Waals surface area contributed by atoms with Crippen molar-refractivity contribution in [2.75, 3.05) is 12.3 Å². The first-order chi connectivity index (χ1) is 34.4. The molecule has 4 rings (SSSR count). The van der Waals surface area contributed by atoms with Crippen molar-refractivity contribution in [1.82, 2.24) is 37.2 Å². The average molecular weight is 1020 g/mol. The molecular weight excluding hydrogens is 951 g/mol. The number of hydrogen-bond acceptors (Lipinski definition) is 11. The summed E-state index contributed by atoms with van der Waals surface area (Å²) in [5.41, 5.74) is 0.963. The Balaban J connectivity index is 1.69. The number of benzene rings is 2. The molecular formula is C51H71N7O13S. The third-order valence-electron chi connectivity index (χ3n) is 13.2. The number of carboxylic acid groups (broad SMARTS) is 3. The first kappa shape index (κ1) is 58.1. The van der Waals surface area contributed by atoms with Gasteiger partial charge in [-0.25, -0.2) is 0 Å². The second-order valence-electron chi connectivity index (χ2n) is 18.8. The molecule has 0 spiro atoms. The summed E-state index contributed by atoms with van der Waals surface area (Å²) in [6, 6.07) is 7.92. The number of amides is 7. The topological polar surface area (TPSA) is 316 Å². The van der Waals surface area contributed by atoms with Crippen LogP contribution >= 0.6 is 12.6 Å². The smallest absolute Gasteiger partial charge is 0.305 e. The minimum atomic E-state index is -1.72. The lowest BCUT2D eigenvalue weighted by atomic mass is 9.84. The highest BCUT2D eigenvalue weighted by Crippen LogP contribution is 2.30. The maximum Gasteiger partial charge on any atom is 0.305 e. The quantitative estimate of drug-likeness (QED) is 0.0523. The molecule has 394 valence electrons. The second-order valence-corrected chi connectivity index (χ2v) is 19.1. The van der Waals surface area contributed by atoms with Gasteiger partial charge in [0.2, 0.25) is 41.4 Å². The van der Waals surface area contributed by atoms with E-state index in [1.165, 1.54) is 6.42 Å². The van der Waals surface area contributed by atoms with Gasteiger partial charge in [-0.05, 0) is 48.6 Å². The van der Waals surface area contributed by atoms with Gasteiger partial charge in [0, 0.05) is 38.0 Å². The van der Waals surface area contributed by atoms with Gasteiger partial charge in [-0.15, -0.1) is 0 Å². The normalized spacial score (nSPS) is 16.5. The third kappa shape index (κ3) is 19.9. The van der Waals surface area contributed by atoms with E-state index in [0.29, 0.717) is 23.6 Å². The number of thiol groups is 1. The van der Waals surface area contributed by atoms with Crippen molar-refractivity contribution >= 4 is 71.9 Å². The summed E-state index contributed by atoms with van der Waals surface area (Å²) in [4.78, 5) is 132. The van der Waals surface area contributed by atoms with Crippen LogP contribution in [0.15, 0.2) is 60.7 Å². The molecule has 0 aromatic heterocycles. The van der Waals surface area contributed by atoms with Crippen LogP contribution in [0.5, 0.6) is 0 Å². The van der Waals surface area contributed by atoms with Crippen molar-refractivity contribution < 1.29 is 63.3 Å². The lowest BCUT2D eigenvalue weighted by molar-refractivity contribution is -0.141. The van der Waals surface area contributed by atoms with E-state index in [2.05, 4.69) is 49.8 Å². The molecule has 0 aliphatic heterocycles. The Morgan fingerprint density at radius 1 is 0.514 bits per heavy atom. The molecule has 0 saturated heterocycles. The molecule has 0 bridgehead atoms. The Labute approximate surface area is 425 Å². The van der Waals surface area contributed by atoms with E-state index in [4.69, 9.17) is 0 Å². The summed E-state index contributed by atoms with van der Waals surface area (Å²) in [6.45, 7) is 1.47. The van der Waals surface area contributed by atoms with Crippen molar-refractivity contribution in [2.45, 2.75) is 158 Å². The van der Waals surface area contributed by atoms with E-state index in [9.17, 15) is 63.3 Å². The van der Waals surface area contributed by atoms with Gasteiger partial charge in [-0.1, -0.05) is 125 Å². The summed E-state index contributed by atoms with van der Waals surface area (Å²) >= 11 is 4.35. The predicted molar refractivity (Wildman–Crippen MR) is 267 cm³/mol. The maximum atomic E-state index is 15.0. The number of hydrogen-bond donors (Lipinski definition) is 11. The van der Waals surface area contributed by atoms with Crippen molar-refractivity contribution in [2.24, 2.45) is 11.8 Å². The summed E-state index contributed by atoms with van der Waals surface area (Å²) in [5.74, 6) is -10.7. The minimum absolute atomic E-state index is 0.0185. The van der Waals surface area contributed by atoms with E-state index in [1.54, 1.807) is 60.7 Å². The number of aliphatic carboxylic acids is 3. The fourth-order valence-electron chi connectivity index (χ4n) is 9.41. The first-order valence-electron chi connectivity index (χ1n) is 24.9. The summed E-state index contributed by atoms with van der Waals surface area (Å²) in [5, 5.41) is 47.0. The largest absolute Gasteiger partial charge is 0.481 e. The molecule has 2 fully saturated rings. The first-order valence-corrected chi connectivity index (χ1v) is 25.5. The number of carbonyl (C=O) groups excluding carboxylic acids is 7. The molecule has 7 amide bonds. The Bertz CT molecular complexity index is 2100. The molecule has 21 heteroatoms. The van der Waals surface area contributed by atoms with Gasteiger partial charge >= 0.3 is 17.9 Å². The highest BCUT2D eigenvalue weighted by atomic mass is 32.1. The third-order valence-corrected chi connectivity index (χ3v) is 13.5. The summed E-state index contributed by atoms with van der Waals surface area (Å²) < 4.78 is 0. The lowest BCUT2D eigenvalue weighted by Gasteiger charge is -2.32. The molecule has 10 N–H and O–H groups in total. The summed E-state index contributed by atoms with van der Waals surface area (Å²) in [7, 11) is 0. The Morgan fingerprint density at radius 3 is 1.44 bits per heavy atom. The monoisotopic (exact) mass is 1020 g/mol. The summed E-state index contributed by atoms with van der Waals surface area (Å²) in [6.07, 6.45) is 7.87. The molecule has 0 heterocycles. The van der Waals surface area contributed by atoms with E-state index in [-0.39, 0.29) is 18.1 Å². The predicted octanol–water partition coefficient (Wildman–Crippen LogP) is 2.94. The van der Waals surface area contributed by atoms with Crippen LogP contribution in [0.25, 0.3) is 0 Å². The van der Waals surface area contributed by atoms with E-state index in [0.717, 1.165) is 71.1 Å². The van der Waals surface area contributed by atoms with E-state index >= 15 is 0 Å². The Hall–Kier alpha value is -6.51. The van der Waals surface area contributed by atoms with Crippen LogP contribution in [-0.4, -0.2) is 123 Å². The highest BCUT2D eigenvalue weighted by molar-refractivity contribution is 7.80. The fraction of sp³-hybridized carbons (Fsp3) is 0.569. The molecule has 2 aliphatic rings. The van der Waals surface area contributed by atoms with Gasteiger partial charge in [0.25, 0.3) is 0 Å². The average Bonchev–Trinajstić information content (AvgIpc) is 3.35. The molecule has 6 atom stereocenters. The van der Waals surface area contributed by atoms with Crippen LogP contribution < -0.4 is 37.2 Å². The fourth-order valence-corrected chi connectivity index (χ4v) is 9.67. The number of carboxylic acids is 3. The Kier molecular flexibility index (Phi) is 24.5. The number of rotatable bonds is 29. The van der Waals surface area contributed by atoms with Crippen molar-refractivity contribution in [3.05, 3.63) is 71.8 Å². The maximum absolute atomic E-state index is 15.0. The number of carbonyl (C=O) groups is 10. The van der Waals surface area contributed by atoms with Gasteiger partial charge in [0.15, 0.2) is 0 Å². The molecule has 2 saturated carbocycles. The molecule has 0 radical (unpaired) electrons. The van der Waals surface area contributed by atoms with Crippen molar-refractivity contribution in [3.63, 3.8) is 0 Å². The second kappa shape index (κ2) is 30.4. The molecule has 2 aliphatic carbocycles. The van der Waals surface area contributed by atoms with Gasteiger partial charge in [0.05, 0.1) is 6.42 Å². The molecule has 72 heavy (non-hydrogen) atoms. The number of nitrogens with one attached hydrogen (secondary N) is 7. The zero-order valence-electron chi connectivity index (χ0n) is 40.8. The molecule has 20 nitrogen and oxygen atoms in total. The van der Waals surface area contributed by atoms with E-state index < -0.39 is 134 Å². The standard InChI is InChI=1S/C51H71N7O13S/c1-31(59)53-39(29-43(64)65)50(70)54-37(23-25-42(62)63)48(68)58-45(44(34-18-10-4-11-19-34)35-20-12-5-13-21-35)51(71)55-36(22-24-41(60)61)47(67)56-38(28-33-16-8-3-9-17-33)49(69)57-40(30-72)46(66)52-27-26-32-14-6-2-7-15-32/h4-5,10-13,18-21,32-33,36-40,44-45,72H,2-3,6-9,14-17,22-30H2,1H3,(H,52,66)(H,53,59)(H,54,70)(H,55,71)(H,56,67)(H,57,69)(H,58,68)(H,60,61)(H,62,63)(H,64,65)/t36-,37-,38-,39-,40-,45-/m0/s1. The van der Waals surface area contributed by atoms with Gasteiger partial charge in [-0.2, -0.15) is 12.6 Å². The van der Waals surface area contributed by atoms with E-state index in [1.807, 2.05) is 0 Å². The van der Waals surface area contributed by atoms with Crippen LogP contribution in [0.3, 0.4) is 0 Å². The molecule has 2 aromatic rings. The van der Waals surface area contributed by atoms with Gasteiger partial charge in [0.1, 0.15) is 36.3 Å². The van der Waals surface area contributed by atoms with Crippen LogP contribution in [0.1, 0.15) is 133 Å². The van der Waals surface area contributed by atoms with Gasteiger partial charge in [-0.3, -0.25) is 47.9 Å².